The van der Waals surface area contributed by atoms with Crippen molar-refractivity contribution in [2.75, 3.05) is 5.43 Å². The lowest BCUT2D eigenvalue weighted by Crippen LogP contribution is -2.12. The number of hydrogen-bond acceptors (Lipinski definition) is 6. The van der Waals surface area contributed by atoms with E-state index in [2.05, 4.69) is 27.4 Å². The molecule has 0 spiro atoms. The molecule has 0 radical (unpaired) electrons. The van der Waals surface area contributed by atoms with E-state index in [4.69, 9.17) is 17.4 Å². The molecular weight excluding hydrogens is 296 g/mol. The van der Waals surface area contributed by atoms with E-state index in [0.717, 1.165) is 15.8 Å². The lowest BCUT2D eigenvalue weighted by molar-refractivity contribution is 0.659. The normalized spacial score (nSPS) is 11.2. The molecule has 0 aromatic carbocycles. The van der Waals surface area contributed by atoms with Gasteiger partial charge in [-0.2, -0.15) is 5.10 Å². The number of anilines is 1. The maximum Gasteiger partial charge on any atom is 0.153 e. The van der Waals surface area contributed by atoms with E-state index in [0.29, 0.717) is 23.2 Å². The van der Waals surface area contributed by atoms with Crippen LogP contribution in [0.5, 0.6) is 0 Å². The van der Waals surface area contributed by atoms with E-state index >= 15 is 0 Å². The fraction of sp³-hybridized carbons (Fsp3) is 0.250. The van der Waals surface area contributed by atoms with Crippen LogP contribution in [0.25, 0.3) is 10.2 Å². The fourth-order valence-corrected chi connectivity index (χ4v) is 3.24. The Hall–Kier alpha value is -1.70. The van der Waals surface area contributed by atoms with Crippen LogP contribution < -0.4 is 11.3 Å². The molecule has 0 bridgehead atoms. The summed E-state index contributed by atoms with van der Waals surface area (Å²) in [7, 11) is 0. The first-order chi connectivity index (χ1) is 9.58. The molecule has 0 saturated carbocycles. The number of rotatable bonds is 3. The number of fused-ring (bicyclic) bond motifs is 1. The second-order valence-electron chi connectivity index (χ2n) is 4.45. The van der Waals surface area contributed by atoms with Crippen LogP contribution in [0.3, 0.4) is 0 Å². The minimum Gasteiger partial charge on any atom is -0.308 e. The molecule has 8 heteroatoms. The standard InChI is InChI=1S/C12H13ClN6S/c1-6-7(2)20-12-10(6)11(18-14)16-9(17-12)5-19-4-8(13)3-15-19/h3-4H,5,14H2,1-2H3,(H,16,17,18). The van der Waals surface area contributed by atoms with Crippen LogP contribution in [-0.4, -0.2) is 19.7 Å². The smallest absolute Gasteiger partial charge is 0.153 e. The Bertz CT molecular complexity index is 778. The number of hydrogen-bond donors (Lipinski definition) is 2. The third-order valence-corrected chi connectivity index (χ3v) is 4.41. The summed E-state index contributed by atoms with van der Waals surface area (Å²) in [5, 5.41) is 5.70. The molecule has 0 amide bonds. The Morgan fingerprint density at radius 3 is 2.85 bits per heavy atom. The maximum atomic E-state index is 5.85. The molecule has 6 nitrogen and oxygen atoms in total. The summed E-state index contributed by atoms with van der Waals surface area (Å²) in [6.45, 7) is 4.56. The zero-order valence-electron chi connectivity index (χ0n) is 11.0. The summed E-state index contributed by atoms with van der Waals surface area (Å²) in [6, 6.07) is 0. The Morgan fingerprint density at radius 2 is 2.20 bits per heavy atom. The second-order valence-corrected chi connectivity index (χ2v) is 6.09. The Morgan fingerprint density at radius 1 is 1.40 bits per heavy atom. The van der Waals surface area contributed by atoms with Gasteiger partial charge in [0, 0.05) is 11.1 Å². The monoisotopic (exact) mass is 308 g/mol. The fourth-order valence-electron chi connectivity index (χ4n) is 2.04. The van der Waals surface area contributed by atoms with Crippen LogP contribution in [0.4, 0.5) is 5.82 Å². The molecule has 0 fully saturated rings. The second kappa shape index (κ2) is 5.01. The minimum atomic E-state index is 0.452. The summed E-state index contributed by atoms with van der Waals surface area (Å²) >= 11 is 7.49. The highest BCUT2D eigenvalue weighted by Gasteiger charge is 2.14. The summed E-state index contributed by atoms with van der Waals surface area (Å²) < 4.78 is 1.69. The van der Waals surface area contributed by atoms with Crippen LogP contribution >= 0.6 is 22.9 Å². The van der Waals surface area contributed by atoms with E-state index in [9.17, 15) is 0 Å². The predicted molar refractivity (Wildman–Crippen MR) is 81.0 cm³/mol. The molecule has 3 rings (SSSR count). The number of nitrogens with one attached hydrogen (secondary N) is 1. The van der Waals surface area contributed by atoms with Gasteiger partial charge in [0.25, 0.3) is 0 Å². The van der Waals surface area contributed by atoms with Crippen molar-refractivity contribution in [1.29, 1.82) is 0 Å². The number of nitrogens with two attached hydrogens (primary N) is 1. The van der Waals surface area contributed by atoms with Gasteiger partial charge < -0.3 is 5.43 Å². The molecule has 3 aromatic heterocycles. The number of nitrogens with zero attached hydrogens (tertiary/aromatic N) is 4. The van der Waals surface area contributed by atoms with Crippen molar-refractivity contribution < 1.29 is 0 Å². The molecule has 0 aliphatic rings. The molecule has 0 saturated heterocycles. The quantitative estimate of drug-likeness (QED) is 0.574. The van der Waals surface area contributed by atoms with Crippen LogP contribution in [0.1, 0.15) is 16.3 Å². The van der Waals surface area contributed by atoms with Crippen molar-refractivity contribution in [1.82, 2.24) is 19.7 Å². The molecule has 3 N–H and O–H groups in total. The van der Waals surface area contributed by atoms with Gasteiger partial charge in [0.1, 0.15) is 11.4 Å². The summed E-state index contributed by atoms with van der Waals surface area (Å²) in [6.07, 6.45) is 3.32. The van der Waals surface area contributed by atoms with Gasteiger partial charge in [-0.15, -0.1) is 11.3 Å². The third kappa shape index (κ3) is 2.24. The molecule has 20 heavy (non-hydrogen) atoms. The highest BCUT2D eigenvalue weighted by Crippen LogP contribution is 2.32. The van der Waals surface area contributed by atoms with Crippen molar-refractivity contribution in [2.24, 2.45) is 5.84 Å². The molecule has 0 aliphatic carbocycles. The number of nitrogen functional groups attached to an aromatic ring is 1. The highest BCUT2D eigenvalue weighted by molar-refractivity contribution is 7.18. The largest absolute Gasteiger partial charge is 0.308 e. The van der Waals surface area contributed by atoms with E-state index in [-0.39, 0.29) is 0 Å². The zero-order chi connectivity index (χ0) is 14.3. The van der Waals surface area contributed by atoms with Gasteiger partial charge in [0.2, 0.25) is 0 Å². The van der Waals surface area contributed by atoms with Crippen molar-refractivity contribution in [3.63, 3.8) is 0 Å². The molecule has 0 atom stereocenters. The Kier molecular flexibility index (Phi) is 3.33. The van der Waals surface area contributed by atoms with E-state index < -0.39 is 0 Å². The molecule has 0 unspecified atom stereocenters. The maximum absolute atomic E-state index is 5.85. The summed E-state index contributed by atoms with van der Waals surface area (Å²) in [5.41, 5.74) is 3.81. The molecule has 104 valence electrons. The first kappa shape index (κ1) is 13.3. The van der Waals surface area contributed by atoms with Gasteiger partial charge in [0.15, 0.2) is 11.6 Å². The first-order valence-corrected chi connectivity index (χ1v) is 7.19. The van der Waals surface area contributed by atoms with Gasteiger partial charge in [-0.25, -0.2) is 15.8 Å². The van der Waals surface area contributed by atoms with Crippen LogP contribution in [-0.2, 0) is 6.54 Å². The Balaban J connectivity index is 2.08. The van der Waals surface area contributed by atoms with E-state index in [1.807, 2.05) is 6.92 Å². The van der Waals surface area contributed by atoms with E-state index in [1.54, 1.807) is 28.4 Å². The van der Waals surface area contributed by atoms with Gasteiger partial charge in [-0.3, -0.25) is 4.68 Å². The molecule has 3 heterocycles. The summed E-state index contributed by atoms with van der Waals surface area (Å²) in [5.74, 6) is 6.87. The number of aromatic nitrogens is 4. The van der Waals surface area contributed by atoms with Crippen LogP contribution in [0.15, 0.2) is 12.4 Å². The minimum absolute atomic E-state index is 0.452. The third-order valence-electron chi connectivity index (χ3n) is 3.12. The number of halogens is 1. The van der Waals surface area contributed by atoms with Crippen molar-refractivity contribution >= 4 is 39.0 Å². The van der Waals surface area contributed by atoms with Crippen molar-refractivity contribution in [2.45, 2.75) is 20.4 Å². The number of thiophene rings is 1. The number of hydrazine groups is 1. The van der Waals surface area contributed by atoms with Crippen molar-refractivity contribution in [3.05, 3.63) is 33.7 Å². The number of aryl methyl sites for hydroxylation is 2. The average Bonchev–Trinajstić information content (AvgIpc) is 2.94. The topological polar surface area (TPSA) is 81.7 Å². The SMILES string of the molecule is Cc1sc2nc(Cn3cc(Cl)cn3)nc(NN)c2c1C. The highest BCUT2D eigenvalue weighted by atomic mass is 35.5. The molecule has 3 aromatic rings. The first-order valence-electron chi connectivity index (χ1n) is 5.99. The van der Waals surface area contributed by atoms with Gasteiger partial charge >= 0.3 is 0 Å². The van der Waals surface area contributed by atoms with Crippen LogP contribution in [0.2, 0.25) is 5.02 Å². The van der Waals surface area contributed by atoms with Crippen molar-refractivity contribution in [3.8, 4) is 0 Å². The van der Waals surface area contributed by atoms with Crippen LogP contribution in [0, 0.1) is 13.8 Å². The molecule has 0 aliphatic heterocycles. The summed E-state index contributed by atoms with van der Waals surface area (Å²) in [4.78, 5) is 11.2. The van der Waals surface area contributed by atoms with E-state index in [1.165, 1.54) is 4.88 Å². The molecular formula is C12H13ClN6S. The van der Waals surface area contributed by atoms with Gasteiger partial charge in [0.05, 0.1) is 16.6 Å². The Labute approximate surface area is 124 Å². The lowest BCUT2D eigenvalue weighted by Gasteiger charge is -2.06. The predicted octanol–water partition coefficient (Wildman–Crippen LogP) is 2.49. The lowest BCUT2D eigenvalue weighted by atomic mass is 10.2. The van der Waals surface area contributed by atoms with Gasteiger partial charge in [-0.1, -0.05) is 11.6 Å². The average molecular weight is 309 g/mol. The van der Waals surface area contributed by atoms with Gasteiger partial charge in [-0.05, 0) is 19.4 Å². The zero-order valence-corrected chi connectivity index (χ0v) is 12.6.